The molecule has 1 aliphatic carbocycles. The summed E-state index contributed by atoms with van der Waals surface area (Å²) in [7, 11) is 0. The number of ether oxygens (including phenoxy) is 1. The quantitative estimate of drug-likeness (QED) is 0.583. The third-order valence-corrected chi connectivity index (χ3v) is 6.30. The fourth-order valence-electron chi connectivity index (χ4n) is 3.73. The van der Waals surface area contributed by atoms with Crippen molar-refractivity contribution in [2.45, 2.75) is 57.7 Å². The van der Waals surface area contributed by atoms with Crippen LogP contribution >= 0.6 is 23.2 Å². The lowest BCUT2D eigenvalue weighted by atomic mass is 9.95. The zero-order chi connectivity index (χ0) is 22.2. The van der Waals surface area contributed by atoms with Crippen LogP contribution in [0.25, 0.3) is 0 Å². The summed E-state index contributed by atoms with van der Waals surface area (Å²) in [6.07, 6.45) is 5.42. The molecule has 5 nitrogen and oxygen atoms in total. The molecule has 0 saturated heterocycles. The molecule has 166 valence electrons. The third-order valence-electron chi connectivity index (χ3n) is 5.56. The molecular weight excluding hydrogens is 435 g/mol. The van der Waals surface area contributed by atoms with Crippen molar-refractivity contribution >= 4 is 35.0 Å². The number of carbonyl (C=O) groups excluding carboxylic acids is 2. The summed E-state index contributed by atoms with van der Waals surface area (Å²) >= 11 is 12.2. The molecule has 1 aliphatic rings. The van der Waals surface area contributed by atoms with Gasteiger partial charge in [-0.1, -0.05) is 66.7 Å². The normalized spacial score (nSPS) is 15.2. The average Bonchev–Trinajstić information content (AvgIpc) is 2.79. The minimum atomic E-state index is -0.650. The highest BCUT2D eigenvalue weighted by molar-refractivity contribution is 6.42. The van der Waals surface area contributed by atoms with Crippen molar-refractivity contribution in [1.82, 2.24) is 10.2 Å². The van der Waals surface area contributed by atoms with Gasteiger partial charge < -0.3 is 15.0 Å². The maximum atomic E-state index is 13.1. The number of halogens is 2. The van der Waals surface area contributed by atoms with Crippen molar-refractivity contribution < 1.29 is 14.3 Å². The highest BCUT2D eigenvalue weighted by atomic mass is 35.5. The van der Waals surface area contributed by atoms with Crippen LogP contribution in [0, 0.1) is 0 Å². The molecule has 0 heterocycles. The average molecular weight is 463 g/mol. The van der Waals surface area contributed by atoms with E-state index in [4.69, 9.17) is 27.9 Å². The van der Waals surface area contributed by atoms with E-state index in [1.54, 1.807) is 37.3 Å². The van der Waals surface area contributed by atoms with Gasteiger partial charge in [0.2, 0.25) is 5.91 Å². The zero-order valence-electron chi connectivity index (χ0n) is 17.7. The number of amides is 2. The summed E-state index contributed by atoms with van der Waals surface area (Å²) in [6.45, 7) is 1.82. The first-order valence-electron chi connectivity index (χ1n) is 10.7. The molecule has 31 heavy (non-hydrogen) atoms. The molecule has 1 N–H and O–H groups in total. The van der Waals surface area contributed by atoms with Gasteiger partial charge in [0.15, 0.2) is 6.61 Å². The second-order valence-electron chi connectivity index (χ2n) is 7.89. The Morgan fingerprint density at radius 2 is 1.77 bits per heavy atom. The molecule has 0 unspecified atom stereocenters. The van der Waals surface area contributed by atoms with Crippen LogP contribution in [0.15, 0.2) is 48.5 Å². The molecule has 3 rings (SSSR count). The van der Waals surface area contributed by atoms with Crippen molar-refractivity contribution in [3.63, 3.8) is 0 Å². The van der Waals surface area contributed by atoms with Gasteiger partial charge in [0.1, 0.15) is 11.8 Å². The zero-order valence-corrected chi connectivity index (χ0v) is 19.2. The number of nitrogens with one attached hydrogen (secondary N) is 1. The van der Waals surface area contributed by atoms with Crippen molar-refractivity contribution in [3.8, 4) is 5.75 Å². The molecule has 2 aromatic rings. The number of hydrogen-bond acceptors (Lipinski definition) is 3. The first-order valence-corrected chi connectivity index (χ1v) is 11.4. The molecule has 0 radical (unpaired) electrons. The summed E-state index contributed by atoms with van der Waals surface area (Å²) in [5, 5.41) is 3.97. The lowest BCUT2D eigenvalue weighted by Gasteiger charge is -2.31. The molecule has 0 bridgehead atoms. The van der Waals surface area contributed by atoms with E-state index in [0.717, 1.165) is 31.2 Å². The molecule has 0 aliphatic heterocycles. The van der Waals surface area contributed by atoms with Gasteiger partial charge in [-0.2, -0.15) is 0 Å². The standard InChI is InChI=1S/C24H28Cl2N2O3/c1-17(24(30)27-19-8-4-2-5-9-19)28(15-18-12-13-21(25)22(26)14-18)23(29)16-31-20-10-6-3-7-11-20/h3,6-7,10-14,17,19H,2,4-5,8-9,15-16H2,1H3,(H,27,30)/t17-/m1/s1. The number of para-hydroxylation sites is 1. The van der Waals surface area contributed by atoms with Crippen LogP contribution in [0.5, 0.6) is 5.75 Å². The molecular formula is C24H28Cl2N2O3. The van der Waals surface area contributed by atoms with Gasteiger partial charge in [-0.15, -0.1) is 0 Å². The van der Waals surface area contributed by atoms with Gasteiger partial charge in [-0.25, -0.2) is 0 Å². The van der Waals surface area contributed by atoms with E-state index in [2.05, 4.69) is 5.32 Å². The molecule has 1 saturated carbocycles. The van der Waals surface area contributed by atoms with Crippen molar-refractivity contribution in [2.24, 2.45) is 0 Å². The molecule has 2 amide bonds. The van der Waals surface area contributed by atoms with Crippen LogP contribution in [0.4, 0.5) is 0 Å². The van der Waals surface area contributed by atoms with Crippen LogP contribution in [0.1, 0.15) is 44.6 Å². The lowest BCUT2D eigenvalue weighted by molar-refractivity contribution is -0.142. The Labute approximate surface area is 193 Å². The smallest absolute Gasteiger partial charge is 0.261 e. The Balaban J connectivity index is 1.72. The van der Waals surface area contributed by atoms with Crippen LogP contribution in [0.3, 0.4) is 0 Å². The minimum Gasteiger partial charge on any atom is -0.484 e. The number of hydrogen-bond donors (Lipinski definition) is 1. The monoisotopic (exact) mass is 462 g/mol. The van der Waals surface area contributed by atoms with Crippen LogP contribution in [0.2, 0.25) is 10.0 Å². The van der Waals surface area contributed by atoms with Gasteiger partial charge in [0, 0.05) is 12.6 Å². The van der Waals surface area contributed by atoms with E-state index in [1.807, 2.05) is 18.2 Å². The van der Waals surface area contributed by atoms with Crippen molar-refractivity contribution in [2.75, 3.05) is 6.61 Å². The van der Waals surface area contributed by atoms with E-state index in [1.165, 1.54) is 11.3 Å². The number of nitrogens with zero attached hydrogens (tertiary/aromatic N) is 1. The van der Waals surface area contributed by atoms with Crippen LogP contribution in [-0.2, 0) is 16.1 Å². The second kappa shape index (κ2) is 11.4. The van der Waals surface area contributed by atoms with E-state index in [-0.39, 0.29) is 31.0 Å². The SMILES string of the molecule is C[C@H](C(=O)NC1CCCCC1)N(Cc1ccc(Cl)c(Cl)c1)C(=O)COc1ccccc1. The number of carbonyl (C=O) groups is 2. The fourth-order valence-corrected chi connectivity index (χ4v) is 4.05. The van der Waals surface area contributed by atoms with E-state index < -0.39 is 6.04 Å². The molecule has 1 fully saturated rings. The Hall–Kier alpha value is -2.24. The summed E-state index contributed by atoms with van der Waals surface area (Å²) in [5.74, 6) is 0.172. The Morgan fingerprint density at radius 3 is 2.45 bits per heavy atom. The molecule has 1 atom stereocenters. The summed E-state index contributed by atoms with van der Waals surface area (Å²) < 4.78 is 5.64. The molecule has 7 heteroatoms. The van der Waals surface area contributed by atoms with Gasteiger partial charge in [0.05, 0.1) is 10.0 Å². The van der Waals surface area contributed by atoms with Gasteiger partial charge in [-0.3, -0.25) is 9.59 Å². The summed E-state index contributed by atoms with van der Waals surface area (Å²) in [4.78, 5) is 27.6. The van der Waals surface area contributed by atoms with Crippen LogP contribution < -0.4 is 10.1 Å². The second-order valence-corrected chi connectivity index (χ2v) is 8.71. The Kier molecular flexibility index (Phi) is 8.61. The summed E-state index contributed by atoms with van der Waals surface area (Å²) in [5.41, 5.74) is 0.791. The topological polar surface area (TPSA) is 58.6 Å². The highest BCUT2D eigenvalue weighted by Crippen LogP contribution is 2.24. The Morgan fingerprint density at radius 1 is 1.06 bits per heavy atom. The first-order chi connectivity index (χ1) is 14.9. The maximum Gasteiger partial charge on any atom is 0.261 e. The van der Waals surface area contributed by atoms with Crippen molar-refractivity contribution in [1.29, 1.82) is 0 Å². The maximum absolute atomic E-state index is 13.1. The predicted octanol–water partition coefficient (Wildman–Crippen LogP) is 5.24. The molecule has 2 aromatic carbocycles. The Bertz CT molecular complexity index is 886. The van der Waals surface area contributed by atoms with E-state index >= 15 is 0 Å². The third kappa shape index (κ3) is 6.88. The fraction of sp³-hybridized carbons (Fsp3) is 0.417. The van der Waals surface area contributed by atoms with Gasteiger partial charge in [-0.05, 0) is 49.6 Å². The van der Waals surface area contributed by atoms with E-state index in [0.29, 0.717) is 15.8 Å². The van der Waals surface area contributed by atoms with Gasteiger partial charge >= 0.3 is 0 Å². The largest absolute Gasteiger partial charge is 0.484 e. The van der Waals surface area contributed by atoms with Gasteiger partial charge in [0.25, 0.3) is 5.91 Å². The number of rotatable bonds is 8. The first kappa shape index (κ1) is 23.4. The lowest BCUT2D eigenvalue weighted by Crippen LogP contribution is -2.51. The summed E-state index contributed by atoms with van der Waals surface area (Å²) in [6, 6.07) is 13.9. The van der Waals surface area contributed by atoms with Crippen molar-refractivity contribution in [3.05, 3.63) is 64.1 Å². The predicted molar refractivity (Wildman–Crippen MR) is 123 cm³/mol. The number of benzene rings is 2. The molecule has 0 aromatic heterocycles. The minimum absolute atomic E-state index is 0.153. The highest BCUT2D eigenvalue weighted by Gasteiger charge is 2.28. The van der Waals surface area contributed by atoms with E-state index in [9.17, 15) is 9.59 Å². The van der Waals surface area contributed by atoms with Crippen LogP contribution in [-0.4, -0.2) is 35.4 Å². The molecule has 0 spiro atoms.